The van der Waals surface area contributed by atoms with Crippen molar-refractivity contribution in [3.8, 4) is 11.5 Å². The second kappa shape index (κ2) is 8.41. The molecule has 1 heterocycles. The first kappa shape index (κ1) is 19.7. The third-order valence-electron chi connectivity index (χ3n) is 5.81. The second-order valence-corrected chi connectivity index (χ2v) is 7.79. The number of methoxy groups -OCH3 is 2. The van der Waals surface area contributed by atoms with Gasteiger partial charge in [0.25, 0.3) is 0 Å². The number of hydrogen-bond acceptors (Lipinski definition) is 4. The van der Waals surface area contributed by atoms with Crippen LogP contribution < -0.4 is 14.8 Å². The van der Waals surface area contributed by atoms with Crippen LogP contribution in [0.5, 0.6) is 11.5 Å². The molecule has 0 aromatic heterocycles. The van der Waals surface area contributed by atoms with E-state index >= 15 is 0 Å². The van der Waals surface area contributed by atoms with Crippen LogP contribution in [-0.4, -0.2) is 38.1 Å². The predicted octanol–water partition coefficient (Wildman–Crippen LogP) is 3.47. The lowest BCUT2D eigenvalue weighted by atomic mass is 9.91. The van der Waals surface area contributed by atoms with Crippen molar-refractivity contribution in [2.75, 3.05) is 27.3 Å². The molecule has 2 aliphatic rings. The zero-order valence-corrected chi connectivity index (χ0v) is 16.9. The summed E-state index contributed by atoms with van der Waals surface area (Å²) in [6.07, 6.45) is 2.81. The topological polar surface area (TPSA) is 50.8 Å². The average molecular weight is 398 g/mol. The third-order valence-corrected chi connectivity index (χ3v) is 5.81. The van der Waals surface area contributed by atoms with Gasteiger partial charge >= 0.3 is 0 Å². The van der Waals surface area contributed by atoms with E-state index in [1.807, 2.05) is 18.2 Å². The van der Waals surface area contributed by atoms with E-state index in [1.54, 1.807) is 26.4 Å². The number of ether oxygens (including phenoxy) is 2. The number of hydrogen-bond donors (Lipinski definition) is 1. The van der Waals surface area contributed by atoms with Gasteiger partial charge in [-0.25, -0.2) is 4.39 Å². The van der Waals surface area contributed by atoms with Gasteiger partial charge in [0.2, 0.25) is 5.91 Å². The van der Waals surface area contributed by atoms with Crippen LogP contribution in [-0.2, 0) is 17.8 Å². The molecule has 2 aromatic rings. The van der Waals surface area contributed by atoms with Crippen LogP contribution in [0.3, 0.4) is 0 Å². The highest BCUT2D eigenvalue weighted by atomic mass is 19.1. The molecule has 6 heteroatoms. The Labute approximate surface area is 170 Å². The molecule has 0 unspecified atom stereocenters. The van der Waals surface area contributed by atoms with Gasteiger partial charge in [0.15, 0.2) is 11.5 Å². The van der Waals surface area contributed by atoms with Gasteiger partial charge in [0.1, 0.15) is 5.82 Å². The SMILES string of the molecule is COc1cc2c(cc1OC)[C@H](CNC(=O)C1CC1)N(Cc1cccc(F)c1)CC2. The lowest BCUT2D eigenvalue weighted by Gasteiger charge is -2.38. The van der Waals surface area contributed by atoms with Crippen molar-refractivity contribution >= 4 is 5.91 Å². The summed E-state index contributed by atoms with van der Waals surface area (Å²) in [5.74, 6) is 1.45. The summed E-state index contributed by atoms with van der Waals surface area (Å²) in [6, 6.07) is 10.7. The molecule has 1 aliphatic carbocycles. The monoisotopic (exact) mass is 398 g/mol. The van der Waals surface area contributed by atoms with E-state index in [4.69, 9.17) is 9.47 Å². The summed E-state index contributed by atoms with van der Waals surface area (Å²) < 4.78 is 24.7. The third kappa shape index (κ3) is 4.37. The normalized spacial score (nSPS) is 18.8. The van der Waals surface area contributed by atoms with E-state index in [1.165, 1.54) is 11.6 Å². The molecule has 0 bridgehead atoms. The molecular formula is C23H27FN2O3. The Morgan fingerprint density at radius 3 is 2.62 bits per heavy atom. The van der Waals surface area contributed by atoms with Crippen molar-refractivity contribution in [3.05, 3.63) is 58.9 Å². The Balaban J connectivity index is 1.63. The zero-order chi connectivity index (χ0) is 20.4. The molecule has 4 rings (SSSR count). The fraction of sp³-hybridized carbons (Fsp3) is 0.435. The van der Waals surface area contributed by atoms with E-state index in [-0.39, 0.29) is 23.7 Å². The van der Waals surface area contributed by atoms with E-state index in [0.29, 0.717) is 24.6 Å². The summed E-state index contributed by atoms with van der Waals surface area (Å²) in [6.45, 7) is 1.96. The Kier molecular flexibility index (Phi) is 5.72. The van der Waals surface area contributed by atoms with Gasteiger partial charge in [-0.15, -0.1) is 0 Å². The number of nitrogens with one attached hydrogen (secondary N) is 1. The first-order valence-corrected chi connectivity index (χ1v) is 10.1. The predicted molar refractivity (Wildman–Crippen MR) is 109 cm³/mol. The van der Waals surface area contributed by atoms with E-state index in [0.717, 1.165) is 36.9 Å². The standard InChI is InChI=1S/C23H27FN2O3/c1-28-21-11-17-8-9-26(14-15-4-3-5-18(24)10-15)20(19(17)12-22(21)29-2)13-25-23(27)16-6-7-16/h3-5,10-12,16,20H,6-9,13-14H2,1-2H3,(H,25,27)/t20-/m0/s1. The minimum atomic E-state index is -0.232. The van der Waals surface area contributed by atoms with Gasteiger partial charge in [-0.3, -0.25) is 9.69 Å². The smallest absolute Gasteiger partial charge is 0.223 e. The molecule has 1 atom stereocenters. The summed E-state index contributed by atoms with van der Waals surface area (Å²) in [5.41, 5.74) is 3.25. The van der Waals surface area contributed by atoms with Crippen LogP contribution >= 0.6 is 0 Å². The first-order chi connectivity index (χ1) is 14.1. The molecule has 2 aromatic carbocycles. The van der Waals surface area contributed by atoms with Crippen LogP contribution in [0.15, 0.2) is 36.4 Å². The molecule has 154 valence electrons. The molecule has 1 aliphatic heterocycles. The Morgan fingerprint density at radius 1 is 1.17 bits per heavy atom. The molecule has 0 radical (unpaired) electrons. The molecule has 1 N–H and O–H groups in total. The van der Waals surface area contributed by atoms with Crippen molar-refractivity contribution in [3.63, 3.8) is 0 Å². The maximum absolute atomic E-state index is 13.7. The maximum atomic E-state index is 13.7. The number of nitrogens with zero attached hydrogens (tertiary/aromatic N) is 1. The van der Waals surface area contributed by atoms with Crippen molar-refractivity contribution in [2.24, 2.45) is 5.92 Å². The zero-order valence-electron chi connectivity index (χ0n) is 16.9. The minimum absolute atomic E-state index is 0.00970. The van der Waals surface area contributed by atoms with Crippen molar-refractivity contribution in [2.45, 2.75) is 31.8 Å². The molecular weight excluding hydrogens is 371 g/mol. The maximum Gasteiger partial charge on any atom is 0.223 e. The number of halogens is 1. The Morgan fingerprint density at radius 2 is 1.93 bits per heavy atom. The molecule has 5 nitrogen and oxygen atoms in total. The Bertz CT molecular complexity index is 898. The van der Waals surface area contributed by atoms with Gasteiger partial charge < -0.3 is 14.8 Å². The number of benzene rings is 2. The van der Waals surface area contributed by atoms with Gasteiger partial charge in [-0.2, -0.15) is 0 Å². The number of fused-ring (bicyclic) bond motifs is 1. The summed E-state index contributed by atoms with van der Waals surface area (Å²) in [7, 11) is 3.26. The summed E-state index contributed by atoms with van der Waals surface area (Å²) in [5, 5.41) is 3.12. The second-order valence-electron chi connectivity index (χ2n) is 7.79. The highest BCUT2D eigenvalue weighted by Crippen LogP contribution is 2.38. The molecule has 0 saturated heterocycles. The molecule has 29 heavy (non-hydrogen) atoms. The molecule has 1 fully saturated rings. The van der Waals surface area contributed by atoms with Crippen LogP contribution in [0.1, 0.15) is 35.6 Å². The van der Waals surface area contributed by atoms with Gasteiger partial charge in [-0.1, -0.05) is 12.1 Å². The van der Waals surface area contributed by atoms with Crippen LogP contribution in [0.25, 0.3) is 0 Å². The lowest BCUT2D eigenvalue weighted by Crippen LogP contribution is -2.42. The summed E-state index contributed by atoms with van der Waals surface area (Å²) >= 11 is 0. The fourth-order valence-corrected chi connectivity index (χ4v) is 4.07. The minimum Gasteiger partial charge on any atom is -0.493 e. The average Bonchev–Trinajstić information content (AvgIpc) is 3.57. The molecule has 1 amide bonds. The van der Waals surface area contributed by atoms with Crippen LogP contribution in [0, 0.1) is 11.7 Å². The Hall–Kier alpha value is -2.60. The quantitative estimate of drug-likeness (QED) is 0.776. The number of carbonyl (C=O) groups is 1. The van der Waals surface area contributed by atoms with E-state index in [9.17, 15) is 9.18 Å². The van der Waals surface area contributed by atoms with Gasteiger partial charge in [-0.05, 0) is 60.2 Å². The van der Waals surface area contributed by atoms with Gasteiger partial charge in [0, 0.05) is 25.6 Å². The first-order valence-electron chi connectivity index (χ1n) is 10.1. The van der Waals surface area contributed by atoms with E-state index < -0.39 is 0 Å². The highest BCUT2D eigenvalue weighted by molar-refractivity contribution is 5.80. The molecule has 0 spiro atoms. The lowest BCUT2D eigenvalue weighted by molar-refractivity contribution is -0.122. The van der Waals surface area contributed by atoms with Gasteiger partial charge in [0.05, 0.1) is 20.3 Å². The van der Waals surface area contributed by atoms with Crippen molar-refractivity contribution in [1.82, 2.24) is 10.2 Å². The van der Waals surface area contributed by atoms with Crippen molar-refractivity contribution in [1.29, 1.82) is 0 Å². The largest absolute Gasteiger partial charge is 0.493 e. The number of carbonyl (C=O) groups excluding carboxylic acids is 1. The number of rotatable bonds is 7. The van der Waals surface area contributed by atoms with Crippen LogP contribution in [0.4, 0.5) is 4.39 Å². The van der Waals surface area contributed by atoms with Crippen molar-refractivity contribution < 1.29 is 18.7 Å². The fourth-order valence-electron chi connectivity index (χ4n) is 4.07. The number of amides is 1. The summed E-state index contributed by atoms with van der Waals surface area (Å²) in [4.78, 5) is 14.6. The molecule has 1 saturated carbocycles. The van der Waals surface area contributed by atoms with E-state index in [2.05, 4.69) is 10.2 Å². The van der Waals surface area contributed by atoms with Crippen LogP contribution in [0.2, 0.25) is 0 Å². The highest BCUT2D eigenvalue weighted by Gasteiger charge is 2.33.